The van der Waals surface area contributed by atoms with Gasteiger partial charge in [-0.15, -0.1) is 0 Å². The molecule has 1 unspecified atom stereocenters. The van der Waals surface area contributed by atoms with Crippen molar-refractivity contribution in [3.8, 4) is 5.75 Å². The summed E-state index contributed by atoms with van der Waals surface area (Å²) in [6.45, 7) is 5.81. The first-order valence-corrected chi connectivity index (χ1v) is 5.17. The molecule has 0 radical (unpaired) electrons. The normalized spacial score (nSPS) is 13.2. The number of carboxylic acids is 1. The molecule has 1 atom stereocenters. The van der Waals surface area contributed by atoms with E-state index in [1.165, 1.54) is 13.3 Å². The molecular formula is C11H17N3O3. The SMILES string of the molecule is COc1cnc(C(C)(C)C)nc1C(N)C(=O)O. The van der Waals surface area contributed by atoms with E-state index in [-0.39, 0.29) is 16.9 Å². The van der Waals surface area contributed by atoms with Gasteiger partial charge in [0.15, 0.2) is 5.75 Å². The third kappa shape index (κ3) is 2.91. The second kappa shape index (κ2) is 4.67. The van der Waals surface area contributed by atoms with Crippen LogP contribution in [0, 0.1) is 0 Å². The molecule has 1 aromatic rings. The molecule has 0 fully saturated rings. The van der Waals surface area contributed by atoms with Crippen LogP contribution in [0.2, 0.25) is 0 Å². The standard InChI is InChI=1S/C11H17N3O3/c1-11(2,3)10-13-5-6(17-4)8(14-10)7(12)9(15)16/h5,7H,12H2,1-4H3,(H,15,16). The van der Waals surface area contributed by atoms with Crippen molar-refractivity contribution in [1.29, 1.82) is 0 Å². The summed E-state index contributed by atoms with van der Waals surface area (Å²) in [5.74, 6) is -0.334. The Balaban J connectivity index is 3.29. The predicted molar refractivity (Wildman–Crippen MR) is 61.8 cm³/mol. The molecule has 0 aromatic carbocycles. The average Bonchev–Trinajstić information content (AvgIpc) is 2.25. The molecular weight excluding hydrogens is 222 g/mol. The lowest BCUT2D eigenvalue weighted by Gasteiger charge is -2.19. The van der Waals surface area contributed by atoms with Gasteiger partial charge in [-0.25, -0.2) is 9.97 Å². The molecule has 6 heteroatoms. The Kier molecular flexibility index (Phi) is 3.67. The molecule has 0 aliphatic rings. The van der Waals surface area contributed by atoms with E-state index in [0.717, 1.165) is 0 Å². The Labute approximate surface area is 99.8 Å². The molecule has 1 aromatic heterocycles. The topological polar surface area (TPSA) is 98.3 Å². The van der Waals surface area contributed by atoms with E-state index < -0.39 is 12.0 Å². The monoisotopic (exact) mass is 239 g/mol. The number of methoxy groups -OCH3 is 1. The number of nitrogens with zero attached hydrogens (tertiary/aromatic N) is 2. The number of hydrogen-bond acceptors (Lipinski definition) is 5. The Morgan fingerprint density at radius 2 is 2.12 bits per heavy atom. The molecule has 0 aliphatic heterocycles. The average molecular weight is 239 g/mol. The third-order valence-corrected chi connectivity index (χ3v) is 2.23. The van der Waals surface area contributed by atoms with Gasteiger partial charge in [0.1, 0.15) is 17.6 Å². The van der Waals surface area contributed by atoms with E-state index in [1.807, 2.05) is 20.8 Å². The summed E-state index contributed by atoms with van der Waals surface area (Å²) in [7, 11) is 1.42. The maximum atomic E-state index is 10.9. The van der Waals surface area contributed by atoms with Crippen molar-refractivity contribution in [3.05, 3.63) is 17.7 Å². The van der Waals surface area contributed by atoms with Crippen LogP contribution in [-0.4, -0.2) is 28.2 Å². The molecule has 0 aliphatic carbocycles. The molecule has 1 heterocycles. The predicted octanol–water partition coefficient (Wildman–Crippen LogP) is 0.867. The first-order valence-electron chi connectivity index (χ1n) is 5.17. The van der Waals surface area contributed by atoms with Gasteiger partial charge in [0.05, 0.1) is 13.3 Å². The van der Waals surface area contributed by atoms with Crippen LogP contribution in [-0.2, 0) is 10.2 Å². The maximum Gasteiger partial charge on any atom is 0.326 e. The van der Waals surface area contributed by atoms with Crippen LogP contribution < -0.4 is 10.5 Å². The zero-order valence-electron chi connectivity index (χ0n) is 10.4. The van der Waals surface area contributed by atoms with Crippen molar-refractivity contribution < 1.29 is 14.6 Å². The van der Waals surface area contributed by atoms with E-state index in [2.05, 4.69) is 9.97 Å². The van der Waals surface area contributed by atoms with Crippen molar-refractivity contribution in [2.45, 2.75) is 32.2 Å². The summed E-state index contributed by atoms with van der Waals surface area (Å²) >= 11 is 0. The van der Waals surface area contributed by atoms with Gasteiger partial charge in [0.25, 0.3) is 0 Å². The van der Waals surface area contributed by atoms with Crippen molar-refractivity contribution in [3.63, 3.8) is 0 Å². The van der Waals surface area contributed by atoms with E-state index in [4.69, 9.17) is 15.6 Å². The minimum Gasteiger partial charge on any atom is -0.493 e. The van der Waals surface area contributed by atoms with Gasteiger partial charge < -0.3 is 15.6 Å². The Hall–Kier alpha value is -1.69. The fraction of sp³-hybridized carbons (Fsp3) is 0.545. The molecule has 0 spiro atoms. The highest BCUT2D eigenvalue weighted by atomic mass is 16.5. The fourth-order valence-corrected chi connectivity index (χ4v) is 1.24. The first kappa shape index (κ1) is 13.4. The number of nitrogens with two attached hydrogens (primary N) is 1. The lowest BCUT2D eigenvalue weighted by molar-refractivity contribution is -0.138. The van der Waals surface area contributed by atoms with E-state index in [9.17, 15) is 4.79 Å². The number of aliphatic carboxylic acids is 1. The van der Waals surface area contributed by atoms with Crippen LogP contribution in [0.4, 0.5) is 0 Å². The smallest absolute Gasteiger partial charge is 0.326 e. The van der Waals surface area contributed by atoms with Gasteiger partial charge in [-0.3, -0.25) is 4.79 Å². The zero-order chi connectivity index (χ0) is 13.2. The second-order valence-corrected chi connectivity index (χ2v) is 4.71. The van der Waals surface area contributed by atoms with Gasteiger partial charge >= 0.3 is 5.97 Å². The number of hydrogen-bond donors (Lipinski definition) is 2. The van der Waals surface area contributed by atoms with Gasteiger partial charge in [0.2, 0.25) is 0 Å². The lowest BCUT2D eigenvalue weighted by atomic mass is 9.95. The number of carboxylic acid groups (broad SMARTS) is 1. The van der Waals surface area contributed by atoms with Crippen LogP contribution in [0.5, 0.6) is 5.75 Å². The molecule has 0 bridgehead atoms. The quantitative estimate of drug-likeness (QED) is 0.812. The molecule has 94 valence electrons. The Morgan fingerprint density at radius 1 is 1.53 bits per heavy atom. The van der Waals surface area contributed by atoms with Gasteiger partial charge in [-0.05, 0) is 0 Å². The van der Waals surface area contributed by atoms with Crippen LogP contribution in [0.3, 0.4) is 0 Å². The maximum absolute atomic E-state index is 10.9. The molecule has 0 amide bonds. The van der Waals surface area contributed by atoms with Crippen LogP contribution >= 0.6 is 0 Å². The highest BCUT2D eigenvalue weighted by Crippen LogP contribution is 2.25. The zero-order valence-corrected chi connectivity index (χ0v) is 10.4. The van der Waals surface area contributed by atoms with Gasteiger partial charge in [0, 0.05) is 5.41 Å². The van der Waals surface area contributed by atoms with Crippen molar-refractivity contribution >= 4 is 5.97 Å². The molecule has 1 rings (SSSR count). The van der Waals surface area contributed by atoms with Crippen LogP contribution in [0.25, 0.3) is 0 Å². The van der Waals surface area contributed by atoms with Crippen molar-refractivity contribution in [2.75, 3.05) is 7.11 Å². The molecule has 3 N–H and O–H groups in total. The largest absolute Gasteiger partial charge is 0.493 e. The molecule has 0 saturated heterocycles. The number of aromatic nitrogens is 2. The summed E-state index contributed by atoms with van der Waals surface area (Å²) in [5.41, 5.74) is 5.47. The van der Waals surface area contributed by atoms with E-state index in [1.54, 1.807) is 0 Å². The number of ether oxygens (including phenoxy) is 1. The molecule has 6 nitrogen and oxygen atoms in total. The number of rotatable bonds is 3. The van der Waals surface area contributed by atoms with Crippen LogP contribution in [0.15, 0.2) is 6.20 Å². The fourth-order valence-electron chi connectivity index (χ4n) is 1.24. The third-order valence-electron chi connectivity index (χ3n) is 2.23. The minimum absolute atomic E-state index is 0.194. The highest BCUT2D eigenvalue weighted by molar-refractivity contribution is 5.75. The summed E-state index contributed by atoms with van der Waals surface area (Å²) in [6, 6.07) is -1.21. The number of carbonyl (C=O) groups is 1. The van der Waals surface area contributed by atoms with Gasteiger partial charge in [-0.2, -0.15) is 0 Å². The van der Waals surface area contributed by atoms with E-state index in [0.29, 0.717) is 5.82 Å². The minimum atomic E-state index is -1.21. The van der Waals surface area contributed by atoms with Crippen molar-refractivity contribution in [1.82, 2.24) is 9.97 Å². The summed E-state index contributed by atoms with van der Waals surface area (Å²) in [6.07, 6.45) is 1.45. The van der Waals surface area contributed by atoms with Crippen molar-refractivity contribution in [2.24, 2.45) is 5.73 Å². The highest BCUT2D eigenvalue weighted by Gasteiger charge is 2.25. The second-order valence-electron chi connectivity index (χ2n) is 4.71. The molecule has 17 heavy (non-hydrogen) atoms. The summed E-state index contributed by atoms with van der Waals surface area (Å²) in [4.78, 5) is 19.2. The van der Waals surface area contributed by atoms with Crippen LogP contribution in [0.1, 0.15) is 38.3 Å². The molecule has 0 saturated carbocycles. The lowest BCUT2D eigenvalue weighted by Crippen LogP contribution is -2.25. The van der Waals surface area contributed by atoms with E-state index >= 15 is 0 Å². The van der Waals surface area contributed by atoms with Gasteiger partial charge in [-0.1, -0.05) is 20.8 Å². The Bertz CT molecular complexity index is 426. The first-order chi connectivity index (χ1) is 7.77. The summed E-state index contributed by atoms with van der Waals surface area (Å²) < 4.78 is 5.02. The summed E-state index contributed by atoms with van der Waals surface area (Å²) in [5, 5.41) is 8.91. The Morgan fingerprint density at radius 3 is 2.53 bits per heavy atom.